The summed E-state index contributed by atoms with van der Waals surface area (Å²) < 4.78 is 24.1. The minimum Gasteiger partial charge on any atom is -0.481 e. The Bertz CT molecular complexity index is 940. The molecule has 1 aromatic rings. The SMILES string of the molecule is CC(=O)c1cccc(N2C(=NC(=O)CCC(=O)O)S[C@@H]3CS(=O)(=O)C[C@@H]32)c1. The molecule has 0 bridgehead atoms. The minimum absolute atomic E-state index is 0.00638. The number of aliphatic carboxylic acids is 1. The summed E-state index contributed by atoms with van der Waals surface area (Å²) in [5, 5.41) is 8.79. The third-order valence-corrected chi connectivity index (χ3v) is 7.58. The van der Waals surface area contributed by atoms with Gasteiger partial charge in [0.05, 0.1) is 24.0 Å². The number of benzene rings is 1. The Morgan fingerprint density at radius 3 is 2.67 bits per heavy atom. The maximum atomic E-state index is 12.0. The van der Waals surface area contributed by atoms with E-state index in [0.29, 0.717) is 16.4 Å². The summed E-state index contributed by atoms with van der Waals surface area (Å²) >= 11 is 1.21. The van der Waals surface area contributed by atoms with Crippen molar-refractivity contribution in [2.45, 2.75) is 31.1 Å². The Morgan fingerprint density at radius 2 is 2.00 bits per heavy atom. The average molecular weight is 410 g/mol. The number of amidine groups is 1. The predicted molar refractivity (Wildman–Crippen MR) is 102 cm³/mol. The zero-order valence-electron chi connectivity index (χ0n) is 14.5. The van der Waals surface area contributed by atoms with Gasteiger partial charge >= 0.3 is 5.97 Å². The average Bonchev–Trinajstić information content (AvgIpc) is 3.03. The van der Waals surface area contributed by atoms with Crippen molar-refractivity contribution in [3.8, 4) is 0 Å². The molecule has 8 nitrogen and oxygen atoms in total. The maximum absolute atomic E-state index is 12.0. The van der Waals surface area contributed by atoms with Gasteiger partial charge in [-0.05, 0) is 19.1 Å². The molecule has 1 aromatic carbocycles. The van der Waals surface area contributed by atoms with Gasteiger partial charge in [-0.25, -0.2) is 8.42 Å². The molecule has 0 unspecified atom stereocenters. The zero-order valence-corrected chi connectivity index (χ0v) is 16.1. The molecule has 2 saturated heterocycles. The van der Waals surface area contributed by atoms with E-state index in [1.807, 2.05) is 0 Å². The summed E-state index contributed by atoms with van der Waals surface area (Å²) in [6.45, 7) is 1.44. The Morgan fingerprint density at radius 1 is 1.26 bits per heavy atom. The van der Waals surface area contributed by atoms with Crippen molar-refractivity contribution in [3.63, 3.8) is 0 Å². The number of rotatable bonds is 5. The first-order chi connectivity index (χ1) is 12.7. The lowest BCUT2D eigenvalue weighted by atomic mass is 10.1. The van der Waals surface area contributed by atoms with Gasteiger partial charge in [0.25, 0.3) is 0 Å². The number of carboxylic acid groups (broad SMARTS) is 1. The molecule has 1 N–H and O–H groups in total. The second kappa shape index (κ2) is 7.43. The van der Waals surface area contributed by atoms with Crippen molar-refractivity contribution < 1.29 is 27.9 Å². The normalized spacial score (nSPS) is 24.8. The fraction of sp³-hybridized carbons (Fsp3) is 0.412. The first-order valence-corrected chi connectivity index (χ1v) is 11.0. The quantitative estimate of drug-likeness (QED) is 0.722. The standard InChI is InChI=1S/C17H18N2O6S2/c1-10(20)11-3-2-4-12(7-11)19-13-8-27(24,25)9-14(13)26-17(19)18-15(21)5-6-16(22)23/h2-4,7,13-14H,5-6,8-9H2,1H3,(H,22,23)/t13-,14+/m0/s1. The molecule has 10 heteroatoms. The fourth-order valence-electron chi connectivity index (χ4n) is 3.12. The molecule has 2 aliphatic rings. The van der Waals surface area contributed by atoms with Gasteiger partial charge in [0.1, 0.15) is 0 Å². The van der Waals surface area contributed by atoms with Crippen molar-refractivity contribution in [2.24, 2.45) is 4.99 Å². The van der Waals surface area contributed by atoms with Gasteiger partial charge in [0.15, 0.2) is 20.8 Å². The summed E-state index contributed by atoms with van der Waals surface area (Å²) in [5.41, 5.74) is 1.06. The van der Waals surface area contributed by atoms with Crippen LogP contribution in [0.25, 0.3) is 0 Å². The Kier molecular flexibility index (Phi) is 5.38. The molecule has 2 heterocycles. The zero-order chi connectivity index (χ0) is 19.8. The summed E-state index contributed by atoms with van der Waals surface area (Å²) in [7, 11) is -3.19. The Hall–Kier alpha value is -2.20. The lowest BCUT2D eigenvalue weighted by molar-refractivity contribution is -0.138. The van der Waals surface area contributed by atoms with Gasteiger partial charge in [-0.15, -0.1) is 0 Å². The first kappa shape index (κ1) is 19.6. The van der Waals surface area contributed by atoms with Crippen LogP contribution in [0.2, 0.25) is 0 Å². The molecule has 2 aliphatic heterocycles. The van der Waals surface area contributed by atoms with Gasteiger partial charge in [-0.2, -0.15) is 4.99 Å². The number of aliphatic imine (C=N–C) groups is 1. The molecule has 0 radical (unpaired) electrons. The predicted octanol–water partition coefficient (Wildman–Crippen LogP) is 1.36. The Labute approximate surface area is 160 Å². The van der Waals surface area contributed by atoms with E-state index in [9.17, 15) is 22.8 Å². The van der Waals surface area contributed by atoms with E-state index in [1.54, 1.807) is 29.2 Å². The van der Waals surface area contributed by atoms with Crippen LogP contribution in [0.1, 0.15) is 30.1 Å². The van der Waals surface area contributed by atoms with Gasteiger partial charge in [-0.3, -0.25) is 14.4 Å². The van der Waals surface area contributed by atoms with Crippen molar-refractivity contribution in [3.05, 3.63) is 29.8 Å². The maximum Gasteiger partial charge on any atom is 0.303 e. The van der Waals surface area contributed by atoms with E-state index in [-0.39, 0.29) is 41.4 Å². The van der Waals surface area contributed by atoms with Crippen LogP contribution in [0, 0.1) is 0 Å². The molecule has 0 aliphatic carbocycles. The molecule has 0 aromatic heterocycles. The number of ketones is 1. The number of fused-ring (bicyclic) bond motifs is 1. The summed E-state index contributed by atoms with van der Waals surface area (Å²) in [6, 6.07) is 6.35. The number of hydrogen-bond donors (Lipinski definition) is 1. The summed E-state index contributed by atoms with van der Waals surface area (Å²) in [6.07, 6.45) is -0.546. The van der Waals surface area contributed by atoms with Crippen molar-refractivity contribution in [1.82, 2.24) is 0 Å². The number of anilines is 1. The number of thioether (sulfide) groups is 1. The van der Waals surface area contributed by atoms with Crippen LogP contribution in [0.4, 0.5) is 5.69 Å². The number of carbonyl (C=O) groups is 3. The second-order valence-electron chi connectivity index (χ2n) is 6.46. The van der Waals surface area contributed by atoms with Crippen LogP contribution in [0.5, 0.6) is 0 Å². The molecular formula is C17H18N2O6S2. The van der Waals surface area contributed by atoms with Crippen LogP contribution < -0.4 is 4.90 Å². The van der Waals surface area contributed by atoms with Gasteiger partial charge in [0.2, 0.25) is 5.91 Å². The number of hydrogen-bond acceptors (Lipinski definition) is 6. The summed E-state index contributed by atoms with van der Waals surface area (Å²) in [5.74, 6) is -1.85. The molecule has 0 saturated carbocycles. The van der Waals surface area contributed by atoms with E-state index >= 15 is 0 Å². The minimum atomic E-state index is -3.19. The number of sulfone groups is 1. The highest BCUT2D eigenvalue weighted by Gasteiger charge is 2.49. The van der Waals surface area contributed by atoms with E-state index in [4.69, 9.17) is 5.11 Å². The third-order valence-electron chi connectivity index (χ3n) is 4.37. The molecule has 0 spiro atoms. The molecule has 2 fully saturated rings. The molecule has 144 valence electrons. The van der Waals surface area contributed by atoms with Crippen molar-refractivity contribution in [1.29, 1.82) is 0 Å². The number of amides is 1. The Balaban J connectivity index is 1.96. The van der Waals surface area contributed by atoms with Crippen molar-refractivity contribution in [2.75, 3.05) is 16.4 Å². The van der Waals surface area contributed by atoms with Crippen LogP contribution in [-0.4, -0.2) is 59.1 Å². The molecule has 1 amide bonds. The fourth-order valence-corrected chi connectivity index (χ4v) is 7.05. The molecular weight excluding hydrogens is 392 g/mol. The molecule has 3 rings (SSSR count). The highest BCUT2D eigenvalue weighted by molar-refractivity contribution is 8.16. The second-order valence-corrected chi connectivity index (χ2v) is 9.82. The highest BCUT2D eigenvalue weighted by atomic mass is 32.2. The smallest absolute Gasteiger partial charge is 0.303 e. The topological polar surface area (TPSA) is 121 Å². The number of nitrogens with zero attached hydrogens (tertiary/aromatic N) is 2. The van der Waals surface area contributed by atoms with Crippen LogP contribution >= 0.6 is 11.8 Å². The van der Waals surface area contributed by atoms with Gasteiger partial charge < -0.3 is 10.0 Å². The summed E-state index contributed by atoms with van der Waals surface area (Å²) in [4.78, 5) is 40.1. The van der Waals surface area contributed by atoms with Crippen molar-refractivity contribution >= 4 is 50.1 Å². The highest BCUT2D eigenvalue weighted by Crippen LogP contribution is 2.41. The number of Topliss-reactive ketones (excluding diaryl/α,β-unsaturated/α-hetero) is 1. The monoisotopic (exact) mass is 410 g/mol. The largest absolute Gasteiger partial charge is 0.481 e. The first-order valence-electron chi connectivity index (χ1n) is 8.27. The molecule has 27 heavy (non-hydrogen) atoms. The van der Waals surface area contributed by atoms with Gasteiger partial charge in [0, 0.05) is 22.9 Å². The molecule has 2 atom stereocenters. The van der Waals surface area contributed by atoms with Crippen LogP contribution in [0.3, 0.4) is 0 Å². The number of carboxylic acids is 1. The van der Waals surface area contributed by atoms with E-state index < -0.39 is 21.7 Å². The van der Waals surface area contributed by atoms with E-state index in [2.05, 4.69) is 4.99 Å². The van der Waals surface area contributed by atoms with E-state index in [1.165, 1.54) is 18.7 Å². The third kappa shape index (κ3) is 4.38. The van der Waals surface area contributed by atoms with Gasteiger partial charge in [-0.1, -0.05) is 23.9 Å². The van der Waals surface area contributed by atoms with Crippen LogP contribution in [0.15, 0.2) is 29.3 Å². The number of carbonyl (C=O) groups excluding carboxylic acids is 2. The van der Waals surface area contributed by atoms with E-state index in [0.717, 1.165) is 0 Å². The van der Waals surface area contributed by atoms with Crippen LogP contribution in [-0.2, 0) is 19.4 Å². The lowest BCUT2D eigenvalue weighted by Crippen LogP contribution is -2.37. The lowest BCUT2D eigenvalue weighted by Gasteiger charge is -2.24.